The van der Waals surface area contributed by atoms with Gasteiger partial charge in [0, 0.05) is 45.0 Å². The zero-order valence-electron chi connectivity index (χ0n) is 22.8. The highest BCUT2D eigenvalue weighted by atomic mass is 19.4. The van der Waals surface area contributed by atoms with Crippen molar-refractivity contribution in [1.82, 2.24) is 28.6 Å². The number of hydrogen-bond donors (Lipinski definition) is 0. The summed E-state index contributed by atoms with van der Waals surface area (Å²) in [5, 5.41) is 18.2. The van der Waals surface area contributed by atoms with Crippen LogP contribution in [-0.2, 0) is 24.5 Å². The number of halogens is 3. The number of nitriles is 1. The average molecular weight is 566 g/mol. The minimum atomic E-state index is -4.67. The van der Waals surface area contributed by atoms with Gasteiger partial charge in [0.05, 0.1) is 41.1 Å². The molecule has 41 heavy (non-hydrogen) atoms. The normalized spacial score (nSPS) is 19.3. The molecule has 1 aliphatic heterocycles. The molecule has 9 nitrogen and oxygen atoms in total. The number of pyridine rings is 1. The number of alkyl halides is 3. The highest BCUT2D eigenvalue weighted by molar-refractivity contribution is 5.58. The summed E-state index contributed by atoms with van der Waals surface area (Å²) >= 11 is 0. The summed E-state index contributed by atoms with van der Waals surface area (Å²) in [6.45, 7) is 3.87. The average Bonchev–Trinajstić information content (AvgIpc) is 3.47. The highest BCUT2D eigenvalue weighted by Gasteiger charge is 2.36. The maximum absolute atomic E-state index is 14.3. The van der Waals surface area contributed by atoms with Crippen molar-refractivity contribution in [3.63, 3.8) is 0 Å². The van der Waals surface area contributed by atoms with E-state index in [1.165, 1.54) is 23.0 Å². The second-order valence-corrected chi connectivity index (χ2v) is 11.1. The zero-order valence-corrected chi connectivity index (χ0v) is 22.8. The van der Waals surface area contributed by atoms with E-state index in [1.54, 1.807) is 18.5 Å². The van der Waals surface area contributed by atoms with E-state index in [0.29, 0.717) is 36.5 Å². The molecule has 3 aromatic heterocycles. The Bertz CT molecular complexity index is 1690. The quantitative estimate of drug-likeness (QED) is 0.347. The molecule has 2 aliphatic rings. The van der Waals surface area contributed by atoms with Crippen LogP contribution in [-0.4, -0.2) is 54.4 Å². The lowest BCUT2D eigenvalue weighted by Crippen LogP contribution is -2.40. The Kier molecular flexibility index (Phi) is 6.95. The van der Waals surface area contributed by atoms with E-state index in [9.17, 15) is 23.2 Å². The van der Waals surface area contributed by atoms with E-state index < -0.39 is 17.4 Å². The monoisotopic (exact) mass is 565 g/mol. The Morgan fingerprint density at radius 3 is 2.63 bits per heavy atom. The molecule has 0 bridgehead atoms. The Hall–Kier alpha value is -3.95. The number of ether oxygens (including phenoxy) is 1. The molecule has 4 aromatic rings. The number of rotatable bonds is 6. The van der Waals surface area contributed by atoms with Crippen LogP contribution in [0.3, 0.4) is 0 Å². The molecule has 4 heterocycles. The summed E-state index contributed by atoms with van der Waals surface area (Å²) in [5.41, 5.74) is 0.0465. The van der Waals surface area contributed by atoms with Crippen molar-refractivity contribution in [3.8, 4) is 11.8 Å². The lowest BCUT2D eigenvalue weighted by molar-refractivity contribution is -0.136. The van der Waals surface area contributed by atoms with Gasteiger partial charge in [-0.15, -0.1) is 10.2 Å². The number of morpholine rings is 1. The van der Waals surface area contributed by atoms with Crippen molar-refractivity contribution in [2.45, 2.75) is 50.9 Å². The highest BCUT2D eigenvalue weighted by Crippen LogP contribution is 2.43. The van der Waals surface area contributed by atoms with Gasteiger partial charge in [-0.25, -0.2) is 4.79 Å². The lowest BCUT2D eigenvalue weighted by Gasteiger charge is -2.33. The maximum Gasteiger partial charge on any atom is 0.418 e. The Morgan fingerprint density at radius 1 is 1.20 bits per heavy atom. The molecule has 1 aliphatic carbocycles. The van der Waals surface area contributed by atoms with Gasteiger partial charge in [-0.2, -0.15) is 18.4 Å². The van der Waals surface area contributed by atoms with Crippen molar-refractivity contribution in [1.29, 1.82) is 5.26 Å². The molecule has 0 unspecified atom stereocenters. The first-order valence-electron chi connectivity index (χ1n) is 13.7. The third-order valence-electron chi connectivity index (χ3n) is 8.21. The fourth-order valence-electron chi connectivity index (χ4n) is 6.03. The van der Waals surface area contributed by atoms with Crippen LogP contribution in [0.4, 0.5) is 13.2 Å². The Labute approximate surface area is 234 Å². The van der Waals surface area contributed by atoms with Crippen molar-refractivity contribution in [2.24, 2.45) is 13.0 Å². The molecule has 12 heteroatoms. The van der Waals surface area contributed by atoms with Crippen LogP contribution in [0.2, 0.25) is 0 Å². The van der Waals surface area contributed by atoms with Gasteiger partial charge in [0.15, 0.2) is 0 Å². The molecule has 0 spiro atoms. The summed E-state index contributed by atoms with van der Waals surface area (Å²) in [5.74, 6) is 0.864. The predicted octanol–water partition coefficient (Wildman–Crippen LogP) is 4.26. The fraction of sp³-hybridized carbons (Fsp3) is 0.448. The van der Waals surface area contributed by atoms with Crippen LogP contribution in [0.5, 0.6) is 0 Å². The van der Waals surface area contributed by atoms with Gasteiger partial charge in [0.2, 0.25) is 0 Å². The first-order chi connectivity index (χ1) is 19.6. The maximum atomic E-state index is 14.3. The van der Waals surface area contributed by atoms with Crippen molar-refractivity contribution < 1.29 is 17.9 Å². The molecule has 1 aromatic carbocycles. The molecule has 2 atom stereocenters. The second kappa shape index (κ2) is 10.5. The van der Waals surface area contributed by atoms with Crippen LogP contribution >= 0.6 is 0 Å². The minimum absolute atomic E-state index is 0.0229. The fourth-order valence-corrected chi connectivity index (χ4v) is 6.03. The largest absolute Gasteiger partial charge is 0.418 e. The number of aromatic nitrogens is 5. The molecule has 0 amide bonds. The number of benzene rings is 1. The third-order valence-corrected chi connectivity index (χ3v) is 8.21. The van der Waals surface area contributed by atoms with Gasteiger partial charge in [-0.1, -0.05) is 6.42 Å². The molecule has 1 saturated carbocycles. The van der Waals surface area contributed by atoms with Gasteiger partial charge in [0.25, 0.3) is 0 Å². The standard InChI is InChI=1S/C29H30F3N7O2/c1-18-13-37(6-7-41-18)14-20-10-24(29(30,31)32)25-16-38(28(40)39(25)15-20)23-9-19(12-33)8-22(11-23)26(21-4-3-5-21)27-35-34-17-36(27)2/h8-11,15-18,21,26H,3-7,13-14H2,1-2H3/t18-,26-/m1/s1. The molecular formula is C29H30F3N7O2. The smallest absolute Gasteiger partial charge is 0.376 e. The SMILES string of the molecule is C[C@@H]1CN(Cc2cc(C(F)(F)F)c3cn(-c4cc(C#N)cc([C@H](c5nncn5C)C5CCC5)c4)c(=O)n3c2)CCO1. The molecule has 0 N–H and O–H groups in total. The lowest BCUT2D eigenvalue weighted by atomic mass is 9.72. The van der Waals surface area contributed by atoms with Crippen LogP contribution in [0, 0.1) is 17.2 Å². The van der Waals surface area contributed by atoms with E-state index in [1.807, 2.05) is 23.4 Å². The number of nitrogens with zero attached hydrogens (tertiary/aromatic N) is 7. The topological polar surface area (TPSA) is 93.4 Å². The van der Waals surface area contributed by atoms with Crippen LogP contribution in [0.1, 0.15) is 60.2 Å². The molecule has 6 rings (SSSR count). The second-order valence-electron chi connectivity index (χ2n) is 11.1. The Balaban J connectivity index is 1.47. The number of aryl methyl sites for hydroxylation is 1. The van der Waals surface area contributed by atoms with Crippen LogP contribution in [0.15, 0.2) is 47.8 Å². The first kappa shape index (κ1) is 27.2. The summed E-state index contributed by atoms with van der Waals surface area (Å²) in [6, 6.07) is 8.35. The van der Waals surface area contributed by atoms with E-state index in [-0.39, 0.29) is 30.0 Å². The van der Waals surface area contributed by atoms with E-state index in [0.717, 1.165) is 41.1 Å². The summed E-state index contributed by atoms with van der Waals surface area (Å²) in [6.07, 6.45) is 2.68. The third kappa shape index (κ3) is 5.15. The Morgan fingerprint density at radius 2 is 2.00 bits per heavy atom. The zero-order chi connectivity index (χ0) is 28.9. The molecule has 214 valence electrons. The van der Waals surface area contributed by atoms with E-state index >= 15 is 0 Å². The van der Waals surface area contributed by atoms with Gasteiger partial charge in [-0.3, -0.25) is 13.9 Å². The van der Waals surface area contributed by atoms with Crippen LogP contribution < -0.4 is 5.69 Å². The summed E-state index contributed by atoms with van der Waals surface area (Å²) < 4.78 is 52.5. The van der Waals surface area contributed by atoms with Crippen molar-refractivity contribution in [2.75, 3.05) is 19.7 Å². The number of hydrogen-bond acceptors (Lipinski definition) is 6. The van der Waals surface area contributed by atoms with Gasteiger partial charge in [-0.05, 0) is 61.1 Å². The minimum Gasteiger partial charge on any atom is -0.376 e. The number of imidazole rings is 1. The first-order valence-corrected chi connectivity index (χ1v) is 13.7. The molecule has 0 radical (unpaired) electrons. The van der Waals surface area contributed by atoms with Gasteiger partial charge in [0.1, 0.15) is 12.2 Å². The molecule has 1 saturated heterocycles. The van der Waals surface area contributed by atoms with Gasteiger partial charge >= 0.3 is 11.9 Å². The molecular weight excluding hydrogens is 535 g/mol. The molecule has 2 fully saturated rings. The van der Waals surface area contributed by atoms with Crippen molar-refractivity contribution >= 4 is 5.52 Å². The van der Waals surface area contributed by atoms with E-state index in [2.05, 4.69) is 16.3 Å². The predicted molar refractivity (Wildman–Crippen MR) is 144 cm³/mol. The van der Waals surface area contributed by atoms with Crippen molar-refractivity contribution in [3.05, 3.63) is 81.5 Å². The summed E-state index contributed by atoms with van der Waals surface area (Å²) in [4.78, 5) is 15.7. The summed E-state index contributed by atoms with van der Waals surface area (Å²) in [7, 11) is 1.86. The van der Waals surface area contributed by atoms with Gasteiger partial charge < -0.3 is 9.30 Å². The van der Waals surface area contributed by atoms with E-state index in [4.69, 9.17) is 4.74 Å². The number of fused-ring (bicyclic) bond motifs is 1. The van der Waals surface area contributed by atoms with Crippen LogP contribution in [0.25, 0.3) is 11.2 Å².